The number of imidazole rings is 1. The molecule has 1 fully saturated rings. The van der Waals surface area contributed by atoms with Crippen LogP contribution in [0.1, 0.15) is 49.7 Å². The molecular formula is C22H30N6. The van der Waals surface area contributed by atoms with Crippen molar-refractivity contribution in [3.05, 3.63) is 47.5 Å². The van der Waals surface area contributed by atoms with Crippen LogP contribution in [-0.4, -0.2) is 57.4 Å². The van der Waals surface area contributed by atoms with Crippen molar-refractivity contribution in [2.45, 2.75) is 51.2 Å². The van der Waals surface area contributed by atoms with E-state index in [0.29, 0.717) is 0 Å². The Morgan fingerprint density at radius 1 is 1.14 bits per heavy atom. The second-order valence-corrected chi connectivity index (χ2v) is 8.29. The second kappa shape index (κ2) is 7.24. The Hall–Kier alpha value is -2.34. The summed E-state index contributed by atoms with van der Waals surface area (Å²) in [5.74, 6) is 2.32. The highest BCUT2D eigenvalue weighted by Crippen LogP contribution is 2.39. The molecule has 1 aromatic heterocycles. The van der Waals surface area contributed by atoms with Crippen LogP contribution in [0.2, 0.25) is 0 Å². The first-order chi connectivity index (χ1) is 13.8. The number of unbranched alkanes of at least 4 members (excludes halogenated alkanes) is 1. The third-order valence-electron chi connectivity index (χ3n) is 6.42. The molecule has 0 unspecified atom stereocenters. The average molecular weight is 379 g/mol. The van der Waals surface area contributed by atoms with E-state index in [9.17, 15) is 0 Å². The molecule has 4 heterocycles. The number of nitrogens with one attached hydrogen (secondary N) is 2. The lowest BCUT2D eigenvalue weighted by Crippen LogP contribution is -2.63. The number of rotatable bonds is 5. The summed E-state index contributed by atoms with van der Waals surface area (Å²) < 4.78 is 0. The fourth-order valence-electron chi connectivity index (χ4n) is 4.87. The molecule has 2 N–H and O–H groups in total. The van der Waals surface area contributed by atoms with Crippen LogP contribution < -0.4 is 5.32 Å². The van der Waals surface area contributed by atoms with Crippen molar-refractivity contribution in [3.8, 4) is 0 Å². The molecule has 1 spiro atoms. The van der Waals surface area contributed by atoms with Gasteiger partial charge in [-0.2, -0.15) is 0 Å². The van der Waals surface area contributed by atoms with Gasteiger partial charge in [-0.1, -0.05) is 25.5 Å². The Morgan fingerprint density at radius 3 is 2.86 bits per heavy atom. The predicted octanol–water partition coefficient (Wildman–Crippen LogP) is 3.23. The van der Waals surface area contributed by atoms with Gasteiger partial charge < -0.3 is 15.2 Å². The van der Waals surface area contributed by atoms with Crippen LogP contribution in [0.4, 0.5) is 5.69 Å². The topological polar surface area (TPSA) is 59.6 Å². The SMILES string of the molecule is CCCCc1ncc(CN2CCC3(CC2)Nc2ccccc2C2=NCCN23)[nH]1. The first-order valence-corrected chi connectivity index (χ1v) is 10.7. The summed E-state index contributed by atoms with van der Waals surface area (Å²) >= 11 is 0. The molecule has 0 saturated carbocycles. The van der Waals surface area contributed by atoms with Gasteiger partial charge in [-0.05, 0) is 18.6 Å². The average Bonchev–Trinajstić information content (AvgIpc) is 3.39. The fourth-order valence-corrected chi connectivity index (χ4v) is 4.87. The number of nitrogens with zero attached hydrogens (tertiary/aromatic N) is 4. The van der Waals surface area contributed by atoms with Crippen molar-refractivity contribution in [2.24, 2.45) is 4.99 Å². The summed E-state index contributed by atoms with van der Waals surface area (Å²) in [5.41, 5.74) is 3.75. The standard InChI is InChI=1S/C22H30N6/c1-2-3-8-20-24-15-17(25-20)16-27-12-9-22(10-13-27)26-19-7-5-4-6-18(19)21-23-11-14-28(21)22/h4-7,15,26H,2-3,8-14,16H2,1H3,(H,24,25). The van der Waals surface area contributed by atoms with E-state index >= 15 is 0 Å². The maximum Gasteiger partial charge on any atom is 0.134 e. The van der Waals surface area contributed by atoms with Gasteiger partial charge in [0.2, 0.25) is 0 Å². The Labute approximate surface area is 167 Å². The molecule has 0 amide bonds. The van der Waals surface area contributed by atoms with Gasteiger partial charge in [0.1, 0.15) is 17.3 Å². The van der Waals surface area contributed by atoms with E-state index in [4.69, 9.17) is 4.99 Å². The Balaban J connectivity index is 1.27. The van der Waals surface area contributed by atoms with E-state index in [0.717, 1.165) is 57.8 Å². The summed E-state index contributed by atoms with van der Waals surface area (Å²) in [5, 5.41) is 3.89. The van der Waals surface area contributed by atoms with Crippen molar-refractivity contribution in [2.75, 3.05) is 31.5 Å². The van der Waals surface area contributed by atoms with Gasteiger partial charge in [0, 0.05) is 68.6 Å². The monoisotopic (exact) mass is 378 g/mol. The first-order valence-electron chi connectivity index (χ1n) is 10.7. The number of aromatic nitrogens is 2. The van der Waals surface area contributed by atoms with Crippen LogP contribution in [0.25, 0.3) is 0 Å². The molecular weight excluding hydrogens is 348 g/mol. The van der Waals surface area contributed by atoms with Crippen molar-refractivity contribution in [1.29, 1.82) is 0 Å². The zero-order valence-corrected chi connectivity index (χ0v) is 16.7. The van der Waals surface area contributed by atoms with Gasteiger partial charge in [-0.15, -0.1) is 0 Å². The number of aromatic amines is 1. The number of amidine groups is 1. The molecule has 148 valence electrons. The minimum absolute atomic E-state index is 0.0143. The van der Waals surface area contributed by atoms with Crippen LogP contribution in [0.15, 0.2) is 35.5 Å². The second-order valence-electron chi connectivity index (χ2n) is 8.29. The number of likely N-dealkylation sites (tertiary alicyclic amines) is 1. The minimum Gasteiger partial charge on any atom is -0.362 e. The number of piperidine rings is 1. The van der Waals surface area contributed by atoms with E-state index in [2.05, 4.69) is 56.3 Å². The lowest BCUT2D eigenvalue weighted by atomic mass is 9.90. The van der Waals surface area contributed by atoms with Crippen LogP contribution in [0.3, 0.4) is 0 Å². The van der Waals surface area contributed by atoms with E-state index in [1.54, 1.807) is 0 Å². The minimum atomic E-state index is 0.0143. The summed E-state index contributed by atoms with van der Waals surface area (Å²) in [6.07, 6.45) is 7.71. The van der Waals surface area contributed by atoms with Gasteiger partial charge in [0.25, 0.3) is 0 Å². The molecule has 6 nitrogen and oxygen atoms in total. The number of aryl methyl sites for hydroxylation is 1. The third kappa shape index (κ3) is 3.09. The number of fused-ring (bicyclic) bond motifs is 4. The molecule has 3 aliphatic rings. The van der Waals surface area contributed by atoms with Gasteiger partial charge in [-0.25, -0.2) is 4.98 Å². The molecule has 6 heteroatoms. The molecule has 2 aromatic rings. The smallest absolute Gasteiger partial charge is 0.134 e. The zero-order valence-electron chi connectivity index (χ0n) is 16.7. The highest BCUT2D eigenvalue weighted by molar-refractivity contribution is 6.06. The van der Waals surface area contributed by atoms with Crippen molar-refractivity contribution in [1.82, 2.24) is 19.8 Å². The molecule has 1 aromatic carbocycles. The normalized spacial score (nSPS) is 20.6. The summed E-state index contributed by atoms with van der Waals surface area (Å²) in [6.45, 7) is 7.29. The molecule has 1 saturated heterocycles. The highest BCUT2D eigenvalue weighted by Gasteiger charge is 2.46. The van der Waals surface area contributed by atoms with Crippen LogP contribution in [-0.2, 0) is 13.0 Å². The van der Waals surface area contributed by atoms with E-state index in [1.165, 1.54) is 35.6 Å². The maximum absolute atomic E-state index is 4.84. The largest absolute Gasteiger partial charge is 0.362 e. The van der Waals surface area contributed by atoms with E-state index < -0.39 is 0 Å². The van der Waals surface area contributed by atoms with Crippen LogP contribution in [0, 0.1) is 0 Å². The molecule has 0 bridgehead atoms. The number of benzene rings is 1. The quantitative estimate of drug-likeness (QED) is 0.839. The van der Waals surface area contributed by atoms with Crippen LogP contribution in [0.5, 0.6) is 0 Å². The number of aliphatic imine (C=N–C) groups is 1. The van der Waals surface area contributed by atoms with Crippen LogP contribution >= 0.6 is 0 Å². The number of H-pyrrole nitrogens is 1. The summed E-state index contributed by atoms with van der Waals surface area (Å²) in [4.78, 5) is 18.0. The number of anilines is 1. The fraction of sp³-hybridized carbons (Fsp3) is 0.545. The number of hydrogen-bond donors (Lipinski definition) is 2. The maximum atomic E-state index is 4.84. The Bertz CT molecular complexity index is 861. The number of para-hydroxylation sites is 1. The molecule has 28 heavy (non-hydrogen) atoms. The molecule has 3 aliphatic heterocycles. The van der Waals surface area contributed by atoms with Crippen molar-refractivity contribution < 1.29 is 0 Å². The lowest BCUT2D eigenvalue weighted by Gasteiger charge is -2.52. The van der Waals surface area contributed by atoms with Gasteiger partial charge in [-0.3, -0.25) is 9.89 Å². The predicted molar refractivity (Wildman–Crippen MR) is 113 cm³/mol. The highest BCUT2D eigenvalue weighted by atomic mass is 15.4. The summed E-state index contributed by atoms with van der Waals surface area (Å²) in [6, 6.07) is 8.62. The third-order valence-corrected chi connectivity index (χ3v) is 6.42. The van der Waals surface area contributed by atoms with Crippen molar-refractivity contribution >= 4 is 11.5 Å². The molecule has 0 aliphatic carbocycles. The van der Waals surface area contributed by atoms with Gasteiger partial charge >= 0.3 is 0 Å². The summed E-state index contributed by atoms with van der Waals surface area (Å²) in [7, 11) is 0. The van der Waals surface area contributed by atoms with Crippen molar-refractivity contribution in [3.63, 3.8) is 0 Å². The van der Waals surface area contributed by atoms with Gasteiger partial charge in [0.05, 0.1) is 6.54 Å². The molecule has 0 atom stereocenters. The first kappa shape index (κ1) is 17.7. The zero-order chi connectivity index (χ0) is 19.0. The Kier molecular flexibility index (Phi) is 4.59. The molecule has 0 radical (unpaired) electrons. The number of hydrogen-bond acceptors (Lipinski definition) is 5. The van der Waals surface area contributed by atoms with E-state index in [-0.39, 0.29) is 5.66 Å². The van der Waals surface area contributed by atoms with Gasteiger partial charge in [0.15, 0.2) is 0 Å². The molecule has 5 rings (SSSR count). The lowest BCUT2D eigenvalue weighted by molar-refractivity contribution is 0.0889. The van der Waals surface area contributed by atoms with E-state index in [1.807, 2.05) is 6.20 Å². The Morgan fingerprint density at radius 2 is 2.00 bits per heavy atom.